The van der Waals surface area contributed by atoms with Crippen LogP contribution in [-0.2, 0) is 12.8 Å². The minimum Gasteiger partial charge on any atom is -0.376 e. The Hall–Kier alpha value is -2.77. The van der Waals surface area contributed by atoms with E-state index in [1.54, 1.807) is 17.7 Å². The standard InChI is InChI=1S/C23H23N5S2/c1-2-4-21-20(3-1)28-23(30-21)25-10-9-16-5-7-17(8-6-16)11-22-27-19(14-29-22)12-18-13-24-15-26-18/h1-8,11,13,15,19,27H,9-10,12,14H2,(H,24,26)(H,25,28)/b22-11-/t19-/m0/s1. The van der Waals surface area contributed by atoms with Crippen molar-refractivity contribution in [3.63, 3.8) is 0 Å². The summed E-state index contributed by atoms with van der Waals surface area (Å²) in [6.45, 7) is 0.882. The van der Waals surface area contributed by atoms with E-state index in [1.165, 1.54) is 26.5 Å². The molecule has 1 saturated heterocycles. The summed E-state index contributed by atoms with van der Waals surface area (Å²) in [6, 6.07) is 17.5. The molecule has 152 valence electrons. The van der Waals surface area contributed by atoms with Gasteiger partial charge in [0.25, 0.3) is 0 Å². The van der Waals surface area contributed by atoms with Crippen molar-refractivity contribution in [3.05, 3.63) is 82.9 Å². The summed E-state index contributed by atoms with van der Waals surface area (Å²) in [5.74, 6) is 1.08. The summed E-state index contributed by atoms with van der Waals surface area (Å²) >= 11 is 3.59. The molecule has 1 fully saturated rings. The quantitative estimate of drug-likeness (QED) is 0.386. The molecule has 1 aliphatic rings. The van der Waals surface area contributed by atoms with Crippen LogP contribution in [0.15, 0.2) is 66.1 Å². The molecule has 0 spiro atoms. The highest BCUT2D eigenvalue weighted by molar-refractivity contribution is 8.03. The molecule has 2 aromatic heterocycles. The van der Waals surface area contributed by atoms with E-state index in [0.29, 0.717) is 6.04 Å². The lowest BCUT2D eigenvalue weighted by atomic mass is 10.1. The number of benzene rings is 2. The number of aromatic nitrogens is 3. The highest BCUT2D eigenvalue weighted by Crippen LogP contribution is 2.27. The van der Waals surface area contributed by atoms with Crippen molar-refractivity contribution < 1.29 is 0 Å². The second kappa shape index (κ2) is 8.93. The molecule has 0 aliphatic carbocycles. The van der Waals surface area contributed by atoms with Crippen molar-refractivity contribution in [2.75, 3.05) is 17.6 Å². The first-order chi connectivity index (χ1) is 14.8. The number of nitrogens with one attached hydrogen (secondary N) is 3. The molecule has 4 aromatic rings. The zero-order valence-electron chi connectivity index (χ0n) is 16.5. The monoisotopic (exact) mass is 433 g/mol. The maximum absolute atomic E-state index is 4.63. The van der Waals surface area contributed by atoms with Gasteiger partial charge in [-0.3, -0.25) is 0 Å². The molecule has 3 N–H and O–H groups in total. The second-order valence-corrected chi connectivity index (χ2v) is 9.44. The number of para-hydroxylation sites is 1. The van der Waals surface area contributed by atoms with Crippen LogP contribution >= 0.6 is 23.1 Å². The molecule has 3 heterocycles. The summed E-state index contributed by atoms with van der Waals surface area (Å²) in [7, 11) is 0. The number of hydrogen-bond donors (Lipinski definition) is 3. The zero-order chi connectivity index (χ0) is 20.2. The number of rotatable bonds is 7. The zero-order valence-corrected chi connectivity index (χ0v) is 18.1. The molecule has 5 nitrogen and oxygen atoms in total. The second-order valence-electron chi connectivity index (χ2n) is 7.35. The normalized spacial score (nSPS) is 17.5. The predicted molar refractivity (Wildman–Crippen MR) is 128 cm³/mol. The van der Waals surface area contributed by atoms with E-state index in [1.807, 2.05) is 24.0 Å². The maximum atomic E-state index is 4.63. The third kappa shape index (κ3) is 4.68. The first-order valence-electron chi connectivity index (χ1n) is 10.1. The fourth-order valence-electron chi connectivity index (χ4n) is 3.52. The van der Waals surface area contributed by atoms with Crippen molar-refractivity contribution in [1.82, 2.24) is 20.3 Å². The van der Waals surface area contributed by atoms with Gasteiger partial charge in [-0.25, -0.2) is 9.97 Å². The van der Waals surface area contributed by atoms with Crippen molar-refractivity contribution in [2.24, 2.45) is 0 Å². The van der Waals surface area contributed by atoms with E-state index in [-0.39, 0.29) is 0 Å². The SMILES string of the molecule is C(=C1\N[C@@H](Cc2cnc[nH]2)CS1)/c1ccc(CCNc2nc3ccccc3s2)cc1. The van der Waals surface area contributed by atoms with E-state index in [2.05, 4.69) is 74.1 Å². The number of thioether (sulfide) groups is 1. The Kier molecular flexibility index (Phi) is 5.72. The van der Waals surface area contributed by atoms with Crippen LogP contribution in [0.5, 0.6) is 0 Å². The molecule has 2 aromatic carbocycles. The van der Waals surface area contributed by atoms with Crippen molar-refractivity contribution >= 4 is 44.5 Å². The number of fused-ring (bicyclic) bond motifs is 1. The van der Waals surface area contributed by atoms with Crippen LogP contribution < -0.4 is 10.6 Å². The van der Waals surface area contributed by atoms with Gasteiger partial charge in [0, 0.05) is 36.7 Å². The summed E-state index contributed by atoms with van der Waals surface area (Å²) in [4.78, 5) is 11.9. The Bertz CT molecular complexity index is 1100. The molecule has 5 rings (SSSR count). The Balaban J connectivity index is 1.12. The summed E-state index contributed by atoms with van der Waals surface area (Å²) in [5.41, 5.74) is 4.80. The first kappa shape index (κ1) is 19.2. The molecular weight excluding hydrogens is 410 g/mol. The van der Waals surface area contributed by atoms with Crippen molar-refractivity contribution in [1.29, 1.82) is 0 Å². The molecule has 0 unspecified atom stereocenters. The van der Waals surface area contributed by atoms with Crippen LogP contribution in [0, 0.1) is 0 Å². The number of nitrogens with zero attached hydrogens (tertiary/aromatic N) is 2. The van der Waals surface area contributed by atoms with Gasteiger partial charge in [-0.05, 0) is 35.8 Å². The number of H-pyrrole nitrogens is 1. The smallest absolute Gasteiger partial charge is 0.183 e. The van der Waals surface area contributed by atoms with E-state index in [4.69, 9.17) is 0 Å². The Labute approximate surface area is 184 Å². The lowest BCUT2D eigenvalue weighted by molar-refractivity contribution is 0.651. The highest BCUT2D eigenvalue weighted by Gasteiger charge is 2.19. The molecule has 1 aliphatic heterocycles. The number of aromatic amines is 1. The van der Waals surface area contributed by atoms with Crippen LogP contribution in [0.3, 0.4) is 0 Å². The van der Waals surface area contributed by atoms with Crippen LogP contribution in [0.25, 0.3) is 16.3 Å². The van der Waals surface area contributed by atoms with Gasteiger partial charge < -0.3 is 15.6 Å². The highest BCUT2D eigenvalue weighted by atomic mass is 32.2. The van der Waals surface area contributed by atoms with Gasteiger partial charge in [0.2, 0.25) is 0 Å². The molecule has 0 radical (unpaired) electrons. The van der Waals surface area contributed by atoms with Crippen LogP contribution in [-0.4, -0.2) is 33.3 Å². The van der Waals surface area contributed by atoms with Gasteiger partial charge in [-0.2, -0.15) is 0 Å². The van der Waals surface area contributed by atoms with Crippen molar-refractivity contribution in [3.8, 4) is 0 Å². The Morgan fingerprint density at radius 3 is 2.87 bits per heavy atom. The van der Waals surface area contributed by atoms with Crippen molar-refractivity contribution in [2.45, 2.75) is 18.9 Å². The lowest BCUT2D eigenvalue weighted by Gasteiger charge is -2.08. The molecule has 0 saturated carbocycles. The van der Waals surface area contributed by atoms with Gasteiger partial charge in [-0.1, -0.05) is 47.7 Å². The average molecular weight is 434 g/mol. The summed E-state index contributed by atoms with van der Waals surface area (Å²) in [6.07, 6.45) is 7.83. The Morgan fingerprint density at radius 2 is 2.03 bits per heavy atom. The number of thiazole rings is 1. The third-order valence-electron chi connectivity index (χ3n) is 5.07. The topological polar surface area (TPSA) is 65.6 Å². The predicted octanol–water partition coefficient (Wildman–Crippen LogP) is 4.92. The third-order valence-corrected chi connectivity index (χ3v) is 7.18. The minimum absolute atomic E-state index is 0.453. The average Bonchev–Trinajstić information content (AvgIpc) is 3.51. The van der Waals surface area contributed by atoms with Gasteiger partial charge in [0.05, 0.1) is 21.6 Å². The fourth-order valence-corrected chi connectivity index (χ4v) is 5.47. The molecule has 0 bridgehead atoms. The summed E-state index contributed by atoms with van der Waals surface area (Å²) < 4.78 is 1.22. The van der Waals surface area contributed by atoms with Gasteiger partial charge in [-0.15, -0.1) is 11.8 Å². The van der Waals surface area contributed by atoms with Crippen LogP contribution in [0.2, 0.25) is 0 Å². The van der Waals surface area contributed by atoms with Gasteiger partial charge in [0.15, 0.2) is 5.13 Å². The fraction of sp³-hybridized carbons (Fsp3) is 0.217. The van der Waals surface area contributed by atoms with E-state index < -0.39 is 0 Å². The number of anilines is 1. The minimum atomic E-state index is 0.453. The summed E-state index contributed by atoms with van der Waals surface area (Å²) in [5, 5.41) is 9.30. The molecule has 0 amide bonds. The largest absolute Gasteiger partial charge is 0.376 e. The maximum Gasteiger partial charge on any atom is 0.183 e. The van der Waals surface area contributed by atoms with Crippen LogP contribution in [0.4, 0.5) is 5.13 Å². The molecule has 1 atom stereocenters. The molecule has 7 heteroatoms. The van der Waals surface area contributed by atoms with E-state index >= 15 is 0 Å². The molecular formula is C23H23N5S2. The van der Waals surface area contributed by atoms with Crippen LogP contribution in [0.1, 0.15) is 16.8 Å². The van der Waals surface area contributed by atoms with Gasteiger partial charge >= 0.3 is 0 Å². The van der Waals surface area contributed by atoms with E-state index in [0.717, 1.165) is 35.8 Å². The first-order valence-corrected chi connectivity index (χ1v) is 11.9. The van der Waals surface area contributed by atoms with Gasteiger partial charge in [0.1, 0.15) is 0 Å². The van der Waals surface area contributed by atoms with E-state index in [9.17, 15) is 0 Å². The number of imidazole rings is 1. The molecule has 30 heavy (non-hydrogen) atoms. The lowest BCUT2D eigenvalue weighted by Crippen LogP contribution is -2.25. The number of hydrogen-bond acceptors (Lipinski definition) is 6. The Morgan fingerprint density at radius 1 is 1.13 bits per heavy atom.